The lowest BCUT2D eigenvalue weighted by molar-refractivity contribution is -0.111. The van der Waals surface area contributed by atoms with Crippen LogP contribution in [0.15, 0.2) is 5.57 Å². The van der Waals surface area contributed by atoms with E-state index >= 15 is 0 Å². The molecule has 72 valence electrons. The van der Waals surface area contributed by atoms with Gasteiger partial charge in [0.15, 0.2) is 0 Å². The van der Waals surface area contributed by atoms with Crippen LogP contribution in [0.2, 0.25) is 0 Å². The molecule has 0 heterocycles. The van der Waals surface area contributed by atoms with Gasteiger partial charge in [-0.25, -0.2) is 4.79 Å². The highest BCUT2D eigenvalue weighted by molar-refractivity contribution is 5.67. The second kappa shape index (κ2) is 4.95. The van der Waals surface area contributed by atoms with E-state index in [9.17, 15) is 9.59 Å². The molecule has 0 saturated heterocycles. The van der Waals surface area contributed by atoms with Crippen molar-refractivity contribution in [2.45, 2.75) is 32.3 Å². The van der Waals surface area contributed by atoms with Crippen LogP contribution in [0.3, 0.4) is 0 Å². The van der Waals surface area contributed by atoms with Crippen LogP contribution < -0.4 is 0 Å². The SMILES string of the molecule is CCOC1CCC(C=O)C(=C=O)C1. The molecule has 2 atom stereocenters. The van der Waals surface area contributed by atoms with E-state index in [-0.39, 0.29) is 12.0 Å². The summed E-state index contributed by atoms with van der Waals surface area (Å²) in [6.45, 7) is 2.58. The predicted octanol–water partition coefficient (Wildman–Crippen LogP) is 1.15. The number of aldehydes is 1. The van der Waals surface area contributed by atoms with Crippen molar-refractivity contribution in [3.05, 3.63) is 5.57 Å². The Labute approximate surface area is 77.8 Å². The highest BCUT2D eigenvalue weighted by Gasteiger charge is 2.26. The van der Waals surface area contributed by atoms with Crippen LogP contribution in [0.1, 0.15) is 26.2 Å². The van der Waals surface area contributed by atoms with Crippen LogP contribution in [0.25, 0.3) is 0 Å². The first-order chi connectivity index (χ1) is 6.31. The zero-order valence-electron chi connectivity index (χ0n) is 7.79. The Morgan fingerprint density at radius 2 is 2.38 bits per heavy atom. The lowest BCUT2D eigenvalue weighted by Gasteiger charge is -2.25. The molecule has 0 spiro atoms. The van der Waals surface area contributed by atoms with Gasteiger partial charge in [0, 0.05) is 24.5 Å². The summed E-state index contributed by atoms with van der Waals surface area (Å²) >= 11 is 0. The van der Waals surface area contributed by atoms with Crippen molar-refractivity contribution >= 4 is 12.2 Å². The van der Waals surface area contributed by atoms with Crippen LogP contribution in [-0.2, 0) is 14.3 Å². The minimum absolute atomic E-state index is 0.109. The van der Waals surface area contributed by atoms with Crippen molar-refractivity contribution in [1.82, 2.24) is 0 Å². The zero-order chi connectivity index (χ0) is 9.68. The van der Waals surface area contributed by atoms with Crippen LogP contribution in [0.5, 0.6) is 0 Å². The summed E-state index contributed by atoms with van der Waals surface area (Å²) in [7, 11) is 0. The third kappa shape index (κ3) is 2.51. The summed E-state index contributed by atoms with van der Waals surface area (Å²) in [5.41, 5.74) is 0.569. The Bertz CT molecular complexity index is 228. The first-order valence-corrected chi connectivity index (χ1v) is 4.62. The summed E-state index contributed by atoms with van der Waals surface area (Å²) in [4.78, 5) is 21.1. The Morgan fingerprint density at radius 3 is 2.92 bits per heavy atom. The van der Waals surface area contributed by atoms with E-state index in [1.165, 1.54) is 0 Å². The van der Waals surface area contributed by atoms with Gasteiger partial charge >= 0.3 is 0 Å². The molecule has 3 nitrogen and oxygen atoms in total. The third-order valence-corrected chi connectivity index (χ3v) is 2.39. The number of carbonyl (C=O) groups is 1. The normalized spacial score (nSPS) is 28.2. The molecule has 0 aromatic rings. The lowest BCUT2D eigenvalue weighted by atomic mass is 9.84. The van der Waals surface area contributed by atoms with Gasteiger partial charge in [-0.3, -0.25) is 0 Å². The van der Waals surface area contributed by atoms with Crippen LogP contribution in [0, 0.1) is 5.92 Å². The maximum atomic E-state index is 10.6. The maximum Gasteiger partial charge on any atom is 0.127 e. The van der Waals surface area contributed by atoms with Gasteiger partial charge in [-0.05, 0) is 19.8 Å². The number of hydrogen-bond acceptors (Lipinski definition) is 3. The summed E-state index contributed by atoms with van der Waals surface area (Å²) in [6.07, 6.45) is 3.10. The second-order valence-electron chi connectivity index (χ2n) is 3.23. The number of carbonyl (C=O) groups excluding carboxylic acids is 2. The van der Waals surface area contributed by atoms with E-state index in [2.05, 4.69) is 0 Å². The molecule has 1 fully saturated rings. The quantitative estimate of drug-likeness (QED) is 0.485. The van der Waals surface area contributed by atoms with Crippen molar-refractivity contribution < 1.29 is 14.3 Å². The van der Waals surface area contributed by atoms with Crippen molar-refractivity contribution in [1.29, 1.82) is 0 Å². The number of hydrogen-bond donors (Lipinski definition) is 0. The van der Waals surface area contributed by atoms with Gasteiger partial charge in [-0.2, -0.15) is 0 Å². The van der Waals surface area contributed by atoms with Gasteiger partial charge in [-0.15, -0.1) is 0 Å². The summed E-state index contributed by atoms with van der Waals surface area (Å²) in [5, 5.41) is 0. The van der Waals surface area contributed by atoms with Gasteiger partial charge in [0.1, 0.15) is 12.2 Å². The summed E-state index contributed by atoms with van der Waals surface area (Å²) in [6, 6.07) is 0. The van der Waals surface area contributed by atoms with Gasteiger partial charge in [0.25, 0.3) is 0 Å². The average molecular weight is 182 g/mol. The molecule has 2 unspecified atom stereocenters. The van der Waals surface area contributed by atoms with Gasteiger partial charge < -0.3 is 9.53 Å². The van der Waals surface area contributed by atoms with Crippen molar-refractivity contribution in [2.75, 3.05) is 6.61 Å². The average Bonchev–Trinajstić information content (AvgIpc) is 2.18. The molecular weight excluding hydrogens is 168 g/mol. The molecule has 0 aromatic carbocycles. The van der Waals surface area contributed by atoms with Crippen molar-refractivity contribution in [2.24, 2.45) is 5.92 Å². The molecule has 1 aliphatic rings. The summed E-state index contributed by atoms with van der Waals surface area (Å²) < 4.78 is 5.39. The van der Waals surface area contributed by atoms with E-state index in [4.69, 9.17) is 4.74 Å². The molecule has 0 aromatic heterocycles. The molecule has 13 heavy (non-hydrogen) atoms. The molecule has 3 heteroatoms. The third-order valence-electron chi connectivity index (χ3n) is 2.39. The van der Waals surface area contributed by atoms with Gasteiger partial charge in [0.05, 0.1) is 6.10 Å². The lowest BCUT2D eigenvalue weighted by Crippen LogP contribution is -2.24. The topological polar surface area (TPSA) is 43.4 Å². The molecule has 0 aliphatic heterocycles. The van der Waals surface area contributed by atoms with E-state index < -0.39 is 0 Å². The number of ether oxygens (including phenoxy) is 1. The molecule has 0 radical (unpaired) electrons. The van der Waals surface area contributed by atoms with Crippen LogP contribution in [-0.4, -0.2) is 24.9 Å². The molecule has 0 N–H and O–H groups in total. The van der Waals surface area contributed by atoms with E-state index in [0.29, 0.717) is 18.6 Å². The Morgan fingerprint density at radius 1 is 1.62 bits per heavy atom. The second-order valence-corrected chi connectivity index (χ2v) is 3.23. The van der Waals surface area contributed by atoms with E-state index in [1.54, 1.807) is 0 Å². The minimum Gasteiger partial charge on any atom is -0.378 e. The van der Waals surface area contributed by atoms with Crippen LogP contribution >= 0.6 is 0 Å². The highest BCUT2D eigenvalue weighted by atomic mass is 16.5. The molecule has 1 saturated carbocycles. The van der Waals surface area contributed by atoms with Crippen molar-refractivity contribution in [3.8, 4) is 0 Å². The fourth-order valence-electron chi connectivity index (χ4n) is 1.68. The van der Waals surface area contributed by atoms with Crippen LogP contribution in [0.4, 0.5) is 0 Å². The molecular formula is C10H14O3. The van der Waals surface area contributed by atoms with E-state index in [0.717, 1.165) is 19.1 Å². The largest absolute Gasteiger partial charge is 0.378 e. The first kappa shape index (κ1) is 10.2. The van der Waals surface area contributed by atoms with Gasteiger partial charge in [0.2, 0.25) is 0 Å². The molecule has 0 amide bonds. The minimum atomic E-state index is -0.214. The fraction of sp³-hybridized carbons (Fsp3) is 0.700. The standard InChI is InChI=1S/C10H14O3/c1-2-13-10-4-3-8(6-11)9(5-10)7-12/h6,8,10H,2-5H2,1H3. The monoisotopic (exact) mass is 182 g/mol. The predicted molar refractivity (Wildman–Crippen MR) is 48.0 cm³/mol. The number of rotatable bonds is 3. The Kier molecular flexibility index (Phi) is 3.87. The zero-order valence-corrected chi connectivity index (χ0v) is 7.79. The molecule has 1 rings (SSSR count). The fourth-order valence-corrected chi connectivity index (χ4v) is 1.68. The highest BCUT2D eigenvalue weighted by Crippen LogP contribution is 2.28. The first-order valence-electron chi connectivity index (χ1n) is 4.62. The molecule has 1 aliphatic carbocycles. The molecule has 0 bridgehead atoms. The van der Waals surface area contributed by atoms with Gasteiger partial charge in [-0.1, -0.05) is 0 Å². The maximum absolute atomic E-state index is 10.6. The van der Waals surface area contributed by atoms with Crippen molar-refractivity contribution in [3.63, 3.8) is 0 Å². The summed E-state index contributed by atoms with van der Waals surface area (Å²) in [5.74, 6) is 1.64. The van der Waals surface area contributed by atoms with E-state index in [1.807, 2.05) is 12.9 Å². The smallest absolute Gasteiger partial charge is 0.127 e. The Balaban J connectivity index is 2.58. The Hall–Kier alpha value is -0.920.